The van der Waals surface area contributed by atoms with Crippen molar-refractivity contribution in [2.75, 3.05) is 0 Å². The molecule has 0 saturated carbocycles. The molecule has 0 radical (unpaired) electrons. The van der Waals surface area contributed by atoms with E-state index in [0.717, 1.165) is 11.3 Å². The first-order valence-electron chi connectivity index (χ1n) is 5.16. The molecule has 2 heterocycles. The normalized spacial score (nSPS) is 11.9. The number of hydrogen-bond acceptors (Lipinski definition) is 5. The van der Waals surface area contributed by atoms with Gasteiger partial charge in [0, 0.05) is 23.4 Å². The van der Waals surface area contributed by atoms with Gasteiger partial charge in [0.25, 0.3) is 10.0 Å². The molecular formula is C9H13N5O3S. The van der Waals surface area contributed by atoms with Crippen LogP contribution in [0.4, 0.5) is 0 Å². The second kappa shape index (κ2) is 4.88. The highest BCUT2D eigenvalue weighted by molar-refractivity contribution is 7.89. The molecule has 18 heavy (non-hydrogen) atoms. The predicted octanol–water partition coefficient (Wildman–Crippen LogP) is -0.588. The van der Waals surface area contributed by atoms with Gasteiger partial charge in [-0.25, -0.2) is 13.1 Å². The Morgan fingerprint density at radius 2 is 1.94 bits per heavy atom. The number of hydrogen-bond donors (Lipinski definition) is 4. The molecule has 0 bridgehead atoms. The third kappa shape index (κ3) is 2.42. The third-order valence-corrected chi connectivity index (χ3v) is 3.92. The van der Waals surface area contributed by atoms with E-state index in [1.807, 2.05) is 0 Å². The zero-order chi connectivity index (χ0) is 13.2. The second-order valence-electron chi connectivity index (χ2n) is 3.73. The minimum absolute atomic E-state index is 0.119. The Hall–Kier alpha value is -1.71. The van der Waals surface area contributed by atoms with Gasteiger partial charge in [-0.3, -0.25) is 10.2 Å². The summed E-state index contributed by atoms with van der Waals surface area (Å²) in [5, 5.41) is 21.4. The van der Waals surface area contributed by atoms with Gasteiger partial charge in [0.1, 0.15) is 0 Å². The van der Waals surface area contributed by atoms with Gasteiger partial charge in [-0.1, -0.05) is 0 Å². The fourth-order valence-electron chi connectivity index (χ4n) is 1.44. The molecule has 0 unspecified atom stereocenters. The van der Waals surface area contributed by atoms with Gasteiger partial charge >= 0.3 is 0 Å². The average Bonchev–Trinajstić information content (AvgIpc) is 2.95. The maximum absolute atomic E-state index is 12.0. The van der Waals surface area contributed by atoms with Crippen LogP contribution in [0.25, 0.3) is 0 Å². The summed E-state index contributed by atoms with van der Waals surface area (Å²) >= 11 is 0. The maximum atomic E-state index is 12.0. The van der Waals surface area contributed by atoms with Crippen LogP contribution in [0.5, 0.6) is 0 Å². The van der Waals surface area contributed by atoms with Crippen LogP contribution >= 0.6 is 0 Å². The summed E-state index contributed by atoms with van der Waals surface area (Å²) in [6.07, 6.45) is 2.83. The van der Waals surface area contributed by atoms with Gasteiger partial charge in [-0.15, -0.1) is 0 Å². The molecule has 2 rings (SSSR count). The van der Waals surface area contributed by atoms with Gasteiger partial charge in [-0.2, -0.15) is 10.2 Å². The van der Waals surface area contributed by atoms with Crippen LogP contribution in [0.1, 0.15) is 16.8 Å². The van der Waals surface area contributed by atoms with Crippen molar-refractivity contribution in [3.05, 3.63) is 29.2 Å². The molecule has 0 aliphatic heterocycles. The number of nitrogens with zero attached hydrogens (tertiary/aromatic N) is 2. The fourth-order valence-corrected chi connectivity index (χ4v) is 2.57. The lowest BCUT2D eigenvalue weighted by Crippen LogP contribution is -2.24. The third-order valence-electron chi connectivity index (χ3n) is 2.50. The van der Waals surface area contributed by atoms with Crippen molar-refractivity contribution in [2.24, 2.45) is 0 Å². The number of nitrogens with one attached hydrogen (secondary N) is 3. The monoisotopic (exact) mass is 271 g/mol. The SMILES string of the molecule is Cc1[nH]ncc1CNS(=O)(=O)c1[nH]ncc1CO. The Kier molecular flexibility index (Phi) is 3.45. The molecule has 0 saturated heterocycles. The van der Waals surface area contributed by atoms with E-state index in [4.69, 9.17) is 5.11 Å². The van der Waals surface area contributed by atoms with E-state index in [1.165, 1.54) is 6.20 Å². The lowest BCUT2D eigenvalue weighted by atomic mass is 10.3. The van der Waals surface area contributed by atoms with Crippen LogP contribution in [-0.2, 0) is 23.2 Å². The highest BCUT2D eigenvalue weighted by Gasteiger charge is 2.20. The van der Waals surface area contributed by atoms with Gasteiger partial charge in [0.05, 0.1) is 19.0 Å². The Morgan fingerprint density at radius 1 is 1.28 bits per heavy atom. The molecular weight excluding hydrogens is 258 g/mol. The Morgan fingerprint density at radius 3 is 2.56 bits per heavy atom. The van der Waals surface area contributed by atoms with Crippen molar-refractivity contribution in [1.29, 1.82) is 0 Å². The number of rotatable bonds is 5. The standard InChI is InChI=1S/C9H13N5O3S/c1-6-7(2-10-13-6)4-12-18(16,17)9-8(5-15)3-11-14-9/h2-3,12,15H,4-5H2,1H3,(H,10,13)(H,11,14). The van der Waals surface area contributed by atoms with Crippen LogP contribution in [0.15, 0.2) is 17.4 Å². The van der Waals surface area contributed by atoms with Crippen LogP contribution in [0.2, 0.25) is 0 Å². The van der Waals surface area contributed by atoms with Gasteiger partial charge in [0.2, 0.25) is 0 Å². The zero-order valence-electron chi connectivity index (χ0n) is 9.64. The highest BCUT2D eigenvalue weighted by atomic mass is 32.2. The lowest BCUT2D eigenvalue weighted by Gasteiger charge is -2.05. The first-order chi connectivity index (χ1) is 8.54. The smallest absolute Gasteiger partial charge is 0.258 e. The number of sulfonamides is 1. The fraction of sp³-hybridized carbons (Fsp3) is 0.333. The van der Waals surface area contributed by atoms with E-state index in [2.05, 4.69) is 25.1 Å². The average molecular weight is 271 g/mol. The van der Waals surface area contributed by atoms with E-state index in [-0.39, 0.29) is 17.1 Å². The summed E-state index contributed by atoms with van der Waals surface area (Å²) in [5.41, 5.74) is 1.78. The lowest BCUT2D eigenvalue weighted by molar-refractivity contribution is 0.278. The second-order valence-corrected chi connectivity index (χ2v) is 5.43. The highest BCUT2D eigenvalue weighted by Crippen LogP contribution is 2.12. The summed E-state index contributed by atoms with van der Waals surface area (Å²) < 4.78 is 26.3. The van der Waals surface area contributed by atoms with Gasteiger partial charge < -0.3 is 5.11 Å². The molecule has 0 aliphatic rings. The van der Waals surface area contributed by atoms with Crippen molar-refractivity contribution < 1.29 is 13.5 Å². The largest absolute Gasteiger partial charge is 0.392 e. The number of aliphatic hydroxyl groups is 1. The molecule has 2 aromatic rings. The molecule has 9 heteroatoms. The summed E-state index contributed by atoms with van der Waals surface area (Å²) in [4.78, 5) is 0. The molecule has 2 aromatic heterocycles. The minimum Gasteiger partial charge on any atom is -0.392 e. The molecule has 98 valence electrons. The van der Waals surface area contributed by atoms with Crippen molar-refractivity contribution in [2.45, 2.75) is 25.1 Å². The summed E-state index contributed by atoms with van der Waals surface area (Å²) in [5.74, 6) is 0. The van der Waals surface area contributed by atoms with Crippen molar-refractivity contribution in [1.82, 2.24) is 25.1 Å². The van der Waals surface area contributed by atoms with Crippen molar-refractivity contribution in [3.8, 4) is 0 Å². The van der Waals surface area contributed by atoms with Crippen LogP contribution < -0.4 is 4.72 Å². The molecule has 0 aromatic carbocycles. The number of H-pyrrole nitrogens is 2. The first kappa shape index (κ1) is 12.7. The Bertz CT molecular complexity index is 630. The number of aliphatic hydroxyl groups excluding tert-OH is 1. The molecule has 0 atom stereocenters. The van der Waals surface area contributed by atoms with Gasteiger partial charge in [0.15, 0.2) is 5.03 Å². The van der Waals surface area contributed by atoms with E-state index < -0.39 is 16.6 Å². The number of aromatic amines is 2. The number of aryl methyl sites for hydroxylation is 1. The topological polar surface area (TPSA) is 124 Å². The molecule has 0 aliphatic carbocycles. The van der Waals surface area contributed by atoms with Gasteiger partial charge in [-0.05, 0) is 6.92 Å². The quantitative estimate of drug-likeness (QED) is 0.579. The van der Waals surface area contributed by atoms with E-state index in [9.17, 15) is 8.42 Å². The summed E-state index contributed by atoms with van der Waals surface area (Å²) in [6, 6.07) is 0. The number of aromatic nitrogens is 4. The predicted molar refractivity (Wildman–Crippen MR) is 61.9 cm³/mol. The van der Waals surface area contributed by atoms with E-state index in [1.54, 1.807) is 13.1 Å². The van der Waals surface area contributed by atoms with Crippen LogP contribution in [0.3, 0.4) is 0 Å². The van der Waals surface area contributed by atoms with Crippen LogP contribution in [0, 0.1) is 6.92 Å². The first-order valence-corrected chi connectivity index (χ1v) is 6.64. The van der Waals surface area contributed by atoms with E-state index >= 15 is 0 Å². The van der Waals surface area contributed by atoms with Crippen LogP contribution in [-0.4, -0.2) is 33.9 Å². The Labute approximate surface area is 103 Å². The molecule has 0 spiro atoms. The molecule has 0 amide bonds. The summed E-state index contributed by atoms with van der Waals surface area (Å²) in [7, 11) is -3.72. The Balaban J connectivity index is 2.16. The van der Waals surface area contributed by atoms with Crippen molar-refractivity contribution >= 4 is 10.0 Å². The molecule has 8 nitrogen and oxygen atoms in total. The molecule has 0 fully saturated rings. The van der Waals surface area contributed by atoms with Crippen molar-refractivity contribution in [3.63, 3.8) is 0 Å². The van der Waals surface area contributed by atoms with E-state index in [0.29, 0.717) is 0 Å². The zero-order valence-corrected chi connectivity index (χ0v) is 10.5. The minimum atomic E-state index is -3.72. The summed E-state index contributed by atoms with van der Waals surface area (Å²) in [6.45, 7) is 1.53. The molecule has 4 N–H and O–H groups in total. The maximum Gasteiger partial charge on any atom is 0.258 e.